The van der Waals surface area contributed by atoms with Gasteiger partial charge in [-0.15, -0.1) is 10.2 Å². The molecule has 1 aliphatic heterocycles. The summed E-state index contributed by atoms with van der Waals surface area (Å²) < 4.78 is 5.37. The lowest BCUT2D eigenvalue weighted by Gasteiger charge is -2.35. The molecule has 1 aromatic rings. The Morgan fingerprint density at radius 1 is 1.21 bits per heavy atom. The smallest absolute Gasteiger partial charge is 0.410 e. The second-order valence-electron chi connectivity index (χ2n) is 5.56. The number of rotatable bonds is 1. The Kier molecular flexibility index (Phi) is 3.93. The standard InChI is InChI=1S/C12H20N4O2S/c1-9-13-14-10(19-9)15-5-7-16(8-6-15)11(17)18-12(2,3)4/h5-8H2,1-4H3. The maximum absolute atomic E-state index is 11.9. The number of nitrogens with zero attached hydrogens (tertiary/aromatic N) is 4. The lowest BCUT2D eigenvalue weighted by atomic mass is 10.2. The molecule has 106 valence electrons. The Hall–Kier alpha value is -1.37. The summed E-state index contributed by atoms with van der Waals surface area (Å²) >= 11 is 1.58. The lowest BCUT2D eigenvalue weighted by Crippen LogP contribution is -2.50. The third-order valence-corrected chi connectivity index (χ3v) is 3.62. The normalized spacial score (nSPS) is 16.6. The van der Waals surface area contributed by atoms with Crippen LogP contribution < -0.4 is 4.90 Å². The number of ether oxygens (including phenoxy) is 1. The summed E-state index contributed by atoms with van der Waals surface area (Å²) in [6.45, 7) is 10.4. The van der Waals surface area contributed by atoms with E-state index in [9.17, 15) is 4.79 Å². The van der Waals surface area contributed by atoms with Crippen molar-refractivity contribution in [1.29, 1.82) is 0 Å². The summed E-state index contributed by atoms with van der Waals surface area (Å²) in [6.07, 6.45) is -0.236. The molecule has 0 radical (unpaired) electrons. The highest BCUT2D eigenvalue weighted by Gasteiger charge is 2.26. The molecule has 2 heterocycles. The van der Waals surface area contributed by atoms with Gasteiger partial charge < -0.3 is 14.5 Å². The van der Waals surface area contributed by atoms with Crippen molar-refractivity contribution in [2.24, 2.45) is 0 Å². The number of carbonyl (C=O) groups excluding carboxylic acids is 1. The van der Waals surface area contributed by atoms with Crippen LogP contribution >= 0.6 is 11.3 Å². The fourth-order valence-corrected chi connectivity index (χ4v) is 2.56. The Balaban J connectivity index is 1.87. The molecule has 0 unspecified atom stereocenters. The van der Waals surface area contributed by atoms with Crippen LogP contribution in [0, 0.1) is 6.92 Å². The van der Waals surface area contributed by atoms with Gasteiger partial charge in [0.05, 0.1) is 0 Å². The highest BCUT2D eigenvalue weighted by atomic mass is 32.1. The highest BCUT2D eigenvalue weighted by Crippen LogP contribution is 2.21. The zero-order chi connectivity index (χ0) is 14.0. The molecule has 0 saturated carbocycles. The number of hydrogen-bond donors (Lipinski definition) is 0. The van der Waals surface area contributed by atoms with E-state index in [0.29, 0.717) is 13.1 Å². The maximum Gasteiger partial charge on any atom is 0.410 e. The molecule has 0 spiro atoms. The number of piperazine rings is 1. The summed E-state index contributed by atoms with van der Waals surface area (Å²) in [5.41, 5.74) is -0.440. The van der Waals surface area contributed by atoms with Crippen molar-refractivity contribution in [3.8, 4) is 0 Å². The van der Waals surface area contributed by atoms with Crippen molar-refractivity contribution in [2.75, 3.05) is 31.1 Å². The van der Waals surface area contributed by atoms with Gasteiger partial charge in [-0.25, -0.2) is 4.79 Å². The number of aryl methyl sites for hydroxylation is 1. The van der Waals surface area contributed by atoms with Crippen LogP contribution in [0.5, 0.6) is 0 Å². The number of amides is 1. The predicted octanol–water partition coefficient (Wildman–Crippen LogP) is 1.90. The fraction of sp³-hybridized carbons (Fsp3) is 0.750. The van der Waals surface area contributed by atoms with Crippen LogP contribution in [0.3, 0.4) is 0 Å². The van der Waals surface area contributed by atoms with Crippen LogP contribution in [-0.2, 0) is 4.74 Å². The van der Waals surface area contributed by atoms with E-state index in [1.165, 1.54) is 0 Å². The van der Waals surface area contributed by atoms with E-state index < -0.39 is 5.60 Å². The minimum absolute atomic E-state index is 0.236. The van der Waals surface area contributed by atoms with Gasteiger partial charge in [0.25, 0.3) is 0 Å². The van der Waals surface area contributed by atoms with E-state index in [0.717, 1.165) is 23.2 Å². The van der Waals surface area contributed by atoms with Crippen molar-refractivity contribution in [2.45, 2.75) is 33.3 Å². The third kappa shape index (κ3) is 3.79. The van der Waals surface area contributed by atoms with E-state index in [1.54, 1.807) is 16.2 Å². The van der Waals surface area contributed by atoms with Crippen LogP contribution in [0.2, 0.25) is 0 Å². The van der Waals surface area contributed by atoms with Gasteiger partial charge in [0.2, 0.25) is 5.13 Å². The topological polar surface area (TPSA) is 58.6 Å². The zero-order valence-electron chi connectivity index (χ0n) is 11.8. The lowest BCUT2D eigenvalue weighted by molar-refractivity contribution is 0.0240. The number of hydrogen-bond acceptors (Lipinski definition) is 6. The summed E-state index contributed by atoms with van der Waals surface area (Å²) in [4.78, 5) is 15.8. The average Bonchev–Trinajstić information content (AvgIpc) is 2.74. The minimum Gasteiger partial charge on any atom is -0.444 e. The molecule has 6 nitrogen and oxygen atoms in total. The maximum atomic E-state index is 11.9. The number of carbonyl (C=O) groups is 1. The minimum atomic E-state index is -0.440. The summed E-state index contributed by atoms with van der Waals surface area (Å²) in [5.74, 6) is 0. The molecule has 2 rings (SSSR count). The SMILES string of the molecule is Cc1nnc(N2CCN(C(=O)OC(C)(C)C)CC2)s1. The molecular formula is C12H20N4O2S. The molecule has 19 heavy (non-hydrogen) atoms. The van der Waals surface area contributed by atoms with Gasteiger partial charge in [-0.3, -0.25) is 0 Å². The molecule has 0 bridgehead atoms. The van der Waals surface area contributed by atoms with Gasteiger partial charge in [-0.1, -0.05) is 11.3 Å². The number of aromatic nitrogens is 2. The Bertz CT molecular complexity index is 447. The van der Waals surface area contributed by atoms with Crippen LogP contribution in [0.4, 0.5) is 9.93 Å². The van der Waals surface area contributed by atoms with Gasteiger partial charge in [0, 0.05) is 26.2 Å². The van der Waals surface area contributed by atoms with Crippen molar-refractivity contribution in [3.63, 3.8) is 0 Å². The van der Waals surface area contributed by atoms with E-state index in [1.807, 2.05) is 27.7 Å². The summed E-state index contributed by atoms with van der Waals surface area (Å²) in [7, 11) is 0. The molecule has 1 fully saturated rings. The fourth-order valence-electron chi connectivity index (χ4n) is 1.82. The average molecular weight is 284 g/mol. The van der Waals surface area contributed by atoms with Crippen molar-refractivity contribution in [3.05, 3.63) is 5.01 Å². The van der Waals surface area contributed by atoms with Gasteiger partial charge >= 0.3 is 6.09 Å². The number of anilines is 1. The van der Waals surface area contributed by atoms with Gasteiger partial charge in [-0.2, -0.15) is 0 Å². The highest BCUT2D eigenvalue weighted by molar-refractivity contribution is 7.15. The van der Waals surface area contributed by atoms with Crippen molar-refractivity contribution >= 4 is 22.6 Å². The second kappa shape index (κ2) is 5.32. The van der Waals surface area contributed by atoms with Crippen molar-refractivity contribution < 1.29 is 9.53 Å². The van der Waals surface area contributed by atoms with Crippen molar-refractivity contribution in [1.82, 2.24) is 15.1 Å². The molecule has 0 aromatic carbocycles. The van der Waals surface area contributed by atoms with E-state index in [-0.39, 0.29) is 6.09 Å². The molecule has 1 amide bonds. The quantitative estimate of drug-likeness (QED) is 0.788. The Morgan fingerprint density at radius 2 is 1.84 bits per heavy atom. The van der Waals surface area contributed by atoms with E-state index in [4.69, 9.17) is 4.74 Å². The first-order valence-electron chi connectivity index (χ1n) is 6.38. The molecule has 0 atom stereocenters. The van der Waals surface area contributed by atoms with Crippen LogP contribution in [0.25, 0.3) is 0 Å². The van der Waals surface area contributed by atoms with E-state index >= 15 is 0 Å². The molecular weight excluding hydrogens is 264 g/mol. The molecule has 0 aliphatic carbocycles. The van der Waals surface area contributed by atoms with Gasteiger partial charge in [0.1, 0.15) is 10.6 Å². The van der Waals surface area contributed by atoms with Crippen LogP contribution in [-0.4, -0.2) is 53.0 Å². The first kappa shape index (κ1) is 14.0. The second-order valence-corrected chi connectivity index (χ2v) is 6.72. The molecule has 0 N–H and O–H groups in total. The third-order valence-electron chi connectivity index (χ3n) is 2.72. The molecule has 1 aliphatic rings. The largest absolute Gasteiger partial charge is 0.444 e. The monoisotopic (exact) mass is 284 g/mol. The Labute approximate surface area is 117 Å². The predicted molar refractivity (Wildman–Crippen MR) is 74.7 cm³/mol. The first-order valence-corrected chi connectivity index (χ1v) is 7.20. The van der Waals surface area contributed by atoms with Gasteiger partial charge in [-0.05, 0) is 27.7 Å². The van der Waals surface area contributed by atoms with Crippen LogP contribution in [0.15, 0.2) is 0 Å². The zero-order valence-corrected chi connectivity index (χ0v) is 12.7. The van der Waals surface area contributed by atoms with E-state index in [2.05, 4.69) is 15.1 Å². The van der Waals surface area contributed by atoms with Crippen LogP contribution in [0.1, 0.15) is 25.8 Å². The Morgan fingerprint density at radius 3 is 2.32 bits per heavy atom. The van der Waals surface area contributed by atoms with Gasteiger partial charge in [0.15, 0.2) is 0 Å². The molecule has 1 aromatic heterocycles. The summed E-state index contributed by atoms with van der Waals surface area (Å²) in [6, 6.07) is 0. The first-order chi connectivity index (χ1) is 8.85. The molecule has 1 saturated heterocycles. The molecule has 7 heteroatoms. The summed E-state index contributed by atoms with van der Waals surface area (Å²) in [5, 5.41) is 10.0.